The summed E-state index contributed by atoms with van der Waals surface area (Å²) >= 11 is 0. The zero-order chi connectivity index (χ0) is 6.48. The number of nitrogens with two attached hydrogens (primary N) is 1. The first-order valence-corrected chi connectivity index (χ1v) is 3.61. The van der Waals surface area contributed by atoms with E-state index in [4.69, 9.17) is 5.73 Å². The molecule has 52 valence electrons. The molecule has 2 aliphatic carbocycles. The Morgan fingerprint density at radius 3 is 2.33 bits per heavy atom. The predicted octanol–water partition coefficient (Wildman–Crippen LogP) is 1.08. The van der Waals surface area contributed by atoms with Crippen molar-refractivity contribution >= 4 is 0 Å². The van der Waals surface area contributed by atoms with Crippen molar-refractivity contribution in [1.82, 2.24) is 0 Å². The maximum absolute atomic E-state index is 12.5. The molecule has 1 atom stereocenters. The second-order valence-corrected chi connectivity index (χ2v) is 3.54. The Balaban J connectivity index is 1.85. The van der Waals surface area contributed by atoms with Gasteiger partial charge in [-0.15, -0.1) is 0 Å². The van der Waals surface area contributed by atoms with Crippen molar-refractivity contribution in [3.63, 3.8) is 0 Å². The SMILES string of the molecule is NCC1CC2(C1)CC2F. The third-order valence-corrected chi connectivity index (χ3v) is 2.81. The number of halogens is 1. The number of hydrogen-bond acceptors (Lipinski definition) is 1. The van der Waals surface area contributed by atoms with E-state index in [1.807, 2.05) is 0 Å². The van der Waals surface area contributed by atoms with Crippen LogP contribution in [0.15, 0.2) is 0 Å². The van der Waals surface area contributed by atoms with Crippen molar-refractivity contribution in [3.8, 4) is 0 Å². The zero-order valence-electron chi connectivity index (χ0n) is 5.44. The fourth-order valence-corrected chi connectivity index (χ4v) is 1.98. The van der Waals surface area contributed by atoms with Crippen LogP contribution in [0.2, 0.25) is 0 Å². The second-order valence-electron chi connectivity index (χ2n) is 3.54. The second kappa shape index (κ2) is 1.48. The average Bonchev–Trinajstić information content (AvgIpc) is 2.37. The summed E-state index contributed by atoms with van der Waals surface area (Å²) in [6.07, 6.45) is 2.47. The van der Waals surface area contributed by atoms with E-state index in [0.717, 1.165) is 25.8 Å². The van der Waals surface area contributed by atoms with E-state index in [9.17, 15) is 4.39 Å². The third-order valence-electron chi connectivity index (χ3n) is 2.81. The Labute approximate surface area is 54.4 Å². The first-order valence-electron chi connectivity index (χ1n) is 3.61. The van der Waals surface area contributed by atoms with Gasteiger partial charge in [0.1, 0.15) is 6.17 Å². The predicted molar refractivity (Wildman–Crippen MR) is 33.7 cm³/mol. The lowest BCUT2D eigenvalue weighted by atomic mass is 9.72. The van der Waals surface area contributed by atoms with Gasteiger partial charge in [0.2, 0.25) is 0 Å². The van der Waals surface area contributed by atoms with Crippen LogP contribution < -0.4 is 5.73 Å². The van der Waals surface area contributed by atoms with Crippen molar-refractivity contribution in [2.75, 3.05) is 6.54 Å². The lowest BCUT2D eigenvalue weighted by Gasteiger charge is -2.34. The molecule has 1 nitrogen and oxygen atoms in total. The zero-order valence-corrected chi connectivity index (χ0v) is 5.44. The minimum Gasteiger partial charge on any atom is -0.330 e. The molecule has 2 heteroatoms. The molecule has 0 aromatic carbocycles. The van der Waals surface area contributed by atoms with Gasteiger partial charge in [-0.3, -0.25) is 0 Å². The molecule has 2 aliphatic rings. The van der Waals surface area contributed by atoms with Gasteiger partial charge in [-0.05, 0) is 31.7 Å². The van der Waals surface area contributed by atoms with Crippen molar-refractivity contribution in [3.05, 3.63) is 0 Å². The molecule has 0 saturated heterocycles. The molecule has 0 aromatic rings. The number of rotatable bonds is 1. The summed E-state index contributed by atoms with van der Waals surface area (Å²) in [5, 5.41) is 0. The van der Waals surface area contributed by atoms with Crippen LogP contribution in [0, 0.1) is 11.3 Å². The van der Waals surface area contributed by atoms with Gasteiger partial charge in [0.05, 0.1) is 0 Å². The Hall–Kier alpha value is -0.110. The third kappa shape index (κ3) is 0.627. The van der Waals surface area contributed by atoms with Crippen molar-refractivity contribution in [2.24, 2.45) is 17.1 Å². The van der Waals surface area contributed by atoms with Gasteiger partial charge in [-0.1, -0.05) is 0 Å². The highest BCUT2D eigenvalue weighted by atomic mass is 19.1. The molecule has 1 spiro atoms. The molecule has 1 unspecified atom stereocenters. The monoisotopic (exact) mass is 129 g/mol. The van der Waals surface area contributed by atoms with Crippen molar-refractivity contribution in [2.45, 2.75) is 25.4 Å². The van der Waals surface area contributed by atoms with E-state index >= 15 is 0 Å². The van der Waals surface area contributed by atoms with E-state index in [2.05, 4.69) is 0 Å². The van der Waals surface area contributed by atoms with E-state index < -0.39 is 6.17 Å². The van der Waals surface area contributed by atoms with E-state index in [1.165, 1.54) is 0 Å². The number of alkyl halides is 1. The molecule has 0 heterocycles. The van der Waals surface area contributed by atoms with Crippen LogP contribution in [0.5, 0.6) is 0 Å². The van der Waals surface area contributed by atoms with Crippen LogP contribution in [0.4, 0.5) is 4.39 Å². The van der Waals surface area contributed by atoms with Gasteiger partial charge in [0.25, 0.3) is 0 Å². The van der Waals surface area contributed by atoms with Crippen molar-refractivity contribution in [1.29, 1.82) is 0 Å². The first-order chi connectivity index (χ1) is 4.27. The van der Waals surface area contributed by atoms with Gasteiger partial charge < -0.3 is 5.73 Å². The van der Waals surface area contributed by atoms with Crippen LogP contribution in [0.1, 0.15) is 19.3 Å². The maximum Gasteiger partial charge on any atom is 0.106 e. The van der Waals surface area contributed by atoms with E-state index in [1.54, 1.807) is 0 Å². The summed E-state index contributed by atoms with van der Waals surface area (Å²) in [6, 6.07) is 0. The largest absolute Gasteiger partial charge is 0.330 e. The van der Waals surface area contributed by atoms with Gasteiger partial charge in [-0.2, -0.15) is 0 Å². The topological polar surface area (TPSA) is 26.0 Å². The summed E-state index contributed by atoms with van der Waals surface area (Å²) in [7, 11) is 0. The normalized spacial score (nSPS) is 55.3. The van der Waals surface area contributed by atoms with Crippen LogP contribution in [-0.4, -0.2) is 12.7 Å². The van der Waals surface area contributed by atoms with Crippen molar-refractivity contribution < 1.29 is 4.39 Å². The molecule has 0 amide bonds. The van der Waals surface area contributed by atoms with E-state index in [-0.39, 0.29) is 5.41 Å². The van der Waals surface area contributed by atoms with Crippen LogP contribution in [-0.2, 0) is 0 Å². The molecule has 2 saturated carbocycles. The molecule has 2 fully saturated rings. The quantitative estimate of drug-likeness (QED) is 0.563. The highest BCUT2D eigenvalue weighted by Gasteiger charge is 2.61. The molecule has 0 aromatic heterocycles. The van der Waals surface area contributed by atoms with Gasteiger partial charge in [0.15, 0.2) is 0 Å². The van der Waals surface area contributed by atoms with Crippen LogP contribution in [0.25, 0.3) is 0 Å². The lowest BCUT2D eigenvalue weighted by molar-refractivity contribution is 0.141. The Kier molecular flexibility index (Phi) is 0.933. The molecular weight excluding hydrogens is 117 g/mol. The highest BCUT2D eigenvalue weighted by Crippen LogP contribution is 2.64. The number of hydrogen-bond donors (Lipinski definition) is 1. The smallest absolute Gasteiger partial charge is 0.106 e. The molecule has 9 heavy (non-hydrogen) atoms. The minimum absolute atomic E-state index is 0.157. The molecular formula is C7H12FN. The standard InChI is InChI=1S/C7H12FN/c8-6-3-7(6)1-5(2-7)4-9/h5-6H,1-4,9H2. The fourth-order valence-electron chi connectivity index (χ4n) is 1.98. The van der Waals surface area contributed by atoms with E-state index in [0.29, 0.717) is 5.92 Å². The summed E-state index contributed by atoms with van der Waals surface area (Å²) < 4.78 is 12.5. The fraction of sp³-hybridized carbons (Fsp3) is 1.00. The maximum atomic E-state index is 12.5. The molecule has 0 aliphatic heterocycles. The lowest BCUT2D eigenvalue weighted by Crippen LogP contribution is -2.32. The minimum atomic E-state index is -0.472. The molecule has 2 N–H and O–H groups in total. The summed E-state index contributed by atoms with van der Waals surface area (Å²) in [6.45, 7) is 0.758. The Morgan fingerprint density at radius 1 is 1.44 bits per heavy atom. The van der Waals surface area contributed by atoms with Gasteiger partial charge >= 0.3 is 0 Å². The summed E-state index contributed by atoms with van der Waals surface area (Å²) in [5.41, 5.74) is 5.56. The average molecular weight is 129 g/mol. The molecule has 0 bridgehead atoms. The van der Waals surface area contributed by atoms with Crippen LogP contribution >= 0.6 is 0 Å². The Morgan fingerprint density at radius 2 is 2.00 bits per heavy atom. The molecule has 0 radical (unpaired) electrons. The first kappa shape index (κ1) is 5.66. The summed E-state index contributed by atoms with van der Waals surface area (Å²) in [5.74, 6) is 0.644. The summed E-state index contributed by atoms with van der Waals surface area (Å²) in [4.78, 5) is 0. The Bertz CT molecular complexity index is 129. The van der Waals surface area contributed by atoms with Crippen LogP contribution in [0.3, 0.4) is 0 Å². The molecule has 2 rings (SSSR count). The van der Waals surface area contributed by atoms with Gasteiger partial charge in [0, 0.05) is 5.41 Å². The van der Waals surface area contributed by atoms with Gasteiger partial charge in [-0.25, -0.2) is 4.39 Å². The highest BCUT2D eigenvalue weighted by molar-refractivity contribution is 5.11.